The number of hydrogen-bond donors (Lipinski definition) is 3. The smallest absolute Gasteiger partial charge is 0.306 e. The Kier molecular flexibility index (Phi) is 51.5. The Morgan fingerprint density at radius 3 is 1.15 bits per heavy atom. The number of esters is 1. The quantitative estimate of drug-likeness (QED) is 0.0321. The predicted molar refractivity (Wildman–Crippen MR) is 287 cm³/mol. The van der Waals surface area contributed by atoms with E-state index >= 15 is 0 Å². The second kappa shape index (κ2) is 53.5. The second-order valence-corrected chi connectivity index (χ2v) is 19.3. The number of hydrogen-bond acceptors (Lipinski definition) is 5. The summed E-state index contributed by atoms with van der Waals surface area (Å²) in [5, 5.41) is 23.9. The van der Waals surface area contributed by atoms with Gasteiger partial charge in [-0.15, -0.1) is 0 Å². The van der Waals surface area contributed by atoms with Gasteiger partial charge in [-0.05, 0) is 57.8 Å². The van der Waals surface area contributed by atoms with Crippen LogP contribution in [0.2, 0.25) is 0 Å². The Balaban J connectivity index is 4.64. The highest BCUT2D eigenvalue weighted by Gasteiger charge is 2.24. The van der Waals surface area contributed by atoms with Crippen molar-refractivity contribution in [2.24, 2.45) is 0 Å². The number of allylic oxidation sites excluding steroid dienone is 10. The van der Waals surface area contributed by atoms with E-state index in [4.69, 9.17) is 4.74 Å². The van der Waals surface area contributed by atoms with E-state index in [0.717, 1.165) is 70.6 Å². The highest BCUT2D eigenvalue weighted by atomic mass is 16.5. The van der Waals surface area contributed by atoms with Crippen molar-refractivity contribution in [2.45, 2.75) is 302 Å². The summed E-state index contributed by atoms with van der Waals surface area (Å²) in [5.74, 6) is -0.561. The molecule has 0 aliphatic rings. The van der Waals surface area contributed by atoms with Gasteiger partial charge in [0.05, 0.1) is 25.2 Å². The number of carbonyl (C=O) groups is 2. The highest BCUT2D eigenvalue weighted by molar-refractivity contribution is 5.77. The summed E-state index contributed by atoms with van der Waals surface area (Å²) in [6, 6.07) is -0.716. The average Bonchev–Trinajstić information content (AvgIpc) is 3.31. The molecule has 6 heteroatoms. The second-order valence-electron chi connectivity index (χ2n) is 19.3. The van der Waals surface area contributed by atoms with Crippen molar-refractivity contribution in [1.82, 2.24) is 5.32 Å². The number of ether oxygens (including phenoxy) is 1. The van der Waals surface area contributed by atoms with Gasteiger partial charge in [0.15, 0.2) is 0 Å². The van der Waals surface area contributed by atoms with Gasteiger partial charge in [-0.3, -0.25) is 9.59 Å². The molecule has 0 rings (SSSR count). The first-order valence-electron chi connectivity index (χ1n) is 28.5. The Bertz CT molecular complexity index is 1170. The molecular weight excluding hydrogens is 815 g/mol. The van der Waals surface area contributed by atoms with Crippen LogP contribution in [-0.2, 0) is 14.3 Å². The Hall–Kier alpha value is -2.44. The van der Waals surface area contributed by atoms with Crippen LogP contribution in [0.15, 0.2) is 60.8 Å². The third-order valence-electron chi connectivity index (χ3n) is 12.9. The molecule has 3 unspecified atom stereocenters. The summed E-state index contributed by atoms with van der Waals surface area (Å²) in [6.45, 7) is 6.38. The summed E-state index contributed by atoms with van der Waals surface area (Å²) in [4.78, 5) is 26.2. The van der Waals surface area contributed by atoms with Crippen molar-refractivity contribution in [3.05, 3.63) is 60.8 Å². The van der Waals surface area contributed by atoms with E-state index in [0.29, 0.717) is 19.3 Å². The number of aliphatic hydroxyl groups is 2. The molecule has 0 saturated carbocycles. The summed E-state index contributed by atoms with van der Waals surface area (Å²) >= 11 is 0. The zero-order valence-electron chi connectivity index (χ0n) is 43.8. The van der Waals surface area contributed by atoms with E-state index in [2.05, 4.69) is 80.8 Å². The molecule has 0 radical (unpaired) electrons. The molecule has 66 heavy (non-hydrogen) atoms. The van der Waals surface area contributed by atoms with Gasteiger partial charge in [-0.25, -0.2) is 0 Å². The molecule has 3 N–H and O–H groups in total. The fourth-order valence-corrected chi connectivity index (χ4v) is 8.60. The van der Waals surface area contributed by atoms with Crippen LogP contribution in [0.5, 0.6) is 0 Å². The minimum Gasteiger partial charge on any atom is -0.462 e. The summed E-state index contributed by atoms with van der Waals surface area (Å²) in [6.07, 6.45) is 67.2. The minimum atomic E-state index is -0.800. The number of unbranched alkanes of at least 4 members (excludes halogenated alkanes) is 29. The SMILES string of the molecule is CC/C=C/C/C=C/C/C=C/C/C=C/C/C=C/CCC(=O)OC(CCCCCCCCCCCCCCCCCC)CC(=O)NC(CO)C(O)CCCCCCCCCCCCCCCCC. The first kappa shape index (κ1) is 63.6. The minimum absolute atomic E-state index is 0.0499. The van der Waals surface area contributed by atoms with Gasteiger partial charge in [0, 0.05) is 6.42 Å². The lowest BCUT2D eigenvalue weighted by Crippen LogP contribution is -2.46. The van der Waals surface area contributed by atoms with Crippen molar-refractivity contribution < 1.29 is 24.5 Å². The van der Waals surface area contributed by atoms with Crippen molar-refractivity contribution in [2.75, 3.05) is 6.61 Å². The van der Waals surface area contributed by atoms with Gasteiger partial charge in [-0.1, -0.05) is 274 Å². The molecule has 0 aromatic rings. The van der Waals surface area contributed by atoms with E-state index in [1.807, 2.05) is 6.08 Å². The Morgan fingerprint density at radius 1 is 0.455 bits per heavy atom. The Morgan fingerprint density at radius 2 is 0.788 bits per heavy atom. The number of rotatable bonds is 51. The van der Waals surface area contributed by atoms with Crippen LogP contribution in [0.3, 0.4) is 0 Å². The van der Waals surface area contributed by atoms with Gasteiger partial charge >= 0.3 is 5.97 Å². The van der Waals surface area contributed by atoms with E-state index in [1.165, 1.54) is 161 Å². The number of aliphatic hydroxyl groups excluding tert-OH is 2. The average molecular weight is 925 g/mol. The van der Waals surface area contributed by atoms with Crippen molar-refractivity contribution >= 4 is 11.9 Å². The molecule has 0 heterocycles. The first-order valence-corrected chi connectivity index (χ1v) is 28.5. The van der Waals surface area contributed by atoms with Crippen LogP contribution in [0.25, 0.3) is 0 Å². The maximum atomic E-state index is 13.3. The molecule has 0 aliphatic carbocycles. The molecule has 0 bridgehead atoms. The van der Waals surface area contributed by atoms with E-state index < -0.39 is 18.2 Å². The maximum absolute atomic E-state index is 13.3. The van der Waals surface area contributed by atoms with Crippen molar-refractivity contribution in [3.8, 4) is 0 Å². The number of carbonyl (C=O) groups excluding carboxylic acids is 2. The molecule has 3 atom stereocenters. The van der Waals surface area contributed by atoms with Crippen LogP contribution in [0.1, 0.15) is 284 Å². The van der Waals surface area contributed by atoms with Gasteiger partial charge in [0.1, 0.15) is 6.10 Å². The fourth-order valence-electron chi connectivity index (χ4n) is 8.60. The normalized spacial score (nSPS) is 13.6. The van der Waals surface area contributed by atoms with Crippen molar-refractivity contribution in [1.29, 1.82) is 0 Å². The van der Waals surface area contributed by atoms with Crippen LogP contribution < -0.4 is 5.32 Å². The van der Waals surface area contributed by atoms with E-state index in [-0.39, 0.29) is 31.3 Å². The summed E-state index contributed by atoms with van der Waals surface area (Å²) in [5.41, 5.74) is 0. The number of amides is 1. The summed E-state index contributed by atoms with van der Waals surface area (Å²) in [7, 11) is 0. The third kappa shape index (κ3) is 48.0. The topological polar surface area (TPSA) is 95.9 Å². The lowest BCUT2D eigenvalue weighted by atomic mass is 10.0. The molecule has 0 aromatic heterocycles. The lowest BCUT2D eigenvalue weighted by molar-refractivity contribution is -0.150. The maximum Gasteiger partial charge on any atom is 0.306 e. The molecule has 6 nitrogen and oxygen atoms in total. The van der Waals surface area contributed by atoms with E-state index in [1.54, 1.807) is 0 Å². The standard InChI is InChI=1S/C60H109NO5/c1-4-7-10-13-16-19-22-25-28-31-33-36-39-42-45-48-51-56(66-60(65)53-50-47-44-41-38-35-32-29-26-23-20-17-14-11-8-5-2)54-59(64)61-57(55-62)58(63)52-49-46-43-40-37-34-30-27-24-21-18-15-12-9-6-3/h8,11,17,20,26,29,35,38,44,47,56-58,62-63H,4-7,9-10,12-16,18-19,21-25,27-28,30-34,36-37,39-43,45-46,48-55H2,1-3H3,(H,61,64)/b11-8+,20-17+,29-26+,38-35+,47-44+. The zero-order chi connectivity index (χ0) is 48.1. The summed E-state index contributed by atoms with van der Waals surface area (Å²) < 4.78 is 5.92. The first-order chi connectivity index (χ1) is 32.5. The molecule has 0 spiro atoms. The molecule has 384 valence electrons. The molecule has 0 fully saturated rings. The predicted octanol–water partition coefficient (Wildman–Crippen LogP) is 17.6. The number of nitrogens with one attached hydrogen (secondary N) is 1. The van der Waals surface area contributed by atoms with Crippen LogP contribution in [0, 0.1) is 0 Å². The molecule has 0 saturated heterocycles. The molecule has 0 aliphatic heterocycles. The zero-order valence-corrected chi connectivity index (χ0v) is 43.8. The lowest BCUT2D eigenvalue weighted by Gasteiger charge is -2.24. The van der Waals surface area contributed by atoms with Gasteiger partial charge in [-0.2, -0.15) is 0 Å². The van der Waals surface area contributed by atoms with Gasteiger partial charge < -0.3 is 20.3 Å². The highest BCUT2D eigenvalue weighted by Crippen LogP contribution is 2.18. The van der Waals surface area contributed by atoms with Crippen molar-refractivity contribution in [3.63, 3.8) is 0 Å². The van der Waals surface area contributed by atoms with Crippen LogP contribution >= 0.6 is 0 Å². The van der Waals surface area contributed by atoms with E-state index in [9.17, 15) is 19.8 Å². The van der Waals surface area contributed by atoms with Crippen LogP contribution in [0.4, 0.5) is 0 Å². The van der Waals surface area contributed by atoms with Gasteiger partial charge in [0.2, 0.25) is 5.91 Å². The monoisotopic (exact) mass is 924 g/mol. The molecule has 0 aromatic carbocycles. The molecule has 1 amide bonds. The largest absolute Gasteiger partial charge is 0.462 e. The fraction of sp³-hybridized carbons (Fsp3) is 0.800. The Labute approximate surface area is 409 Å². The third-order valence-corrected chi connectivity index (χ3v) is 12.9. The molecular formula is C60H109NO5. The van der Waals surface area contributed by atoms with Crippen LogP contribution in [-0.4, -0.2) is 46.9 Å². The van der Waals surface area contributed by atoms with Gasteiger partial charge in [0.25, 0.3) is 0 Å².